The number of aromatic carboxylic acids is 1. The maximum atomic E-state index is 11.1. The van der Waals surface area contributed by atoms with E-state index in [4.69, 9.17) is 5.11 Å². The number of carboxylic acids is 1. The molecule has 2 rings (SSSR count). The van der Waals surface area contributed by atoms with Crippen LogP contribution in [-0.4, -0.2) is 21.5 Å². The highest BCUT2D eigenvalue weighted by atomic mass is 32.1. The molecule has 0 radical (unpaired) electrons. The van der Waals surface area contributed by atoms with Gasteiger partial charge in [0.05, 0.1) is 5.69 Å². The number of carbonyl (C=O) groups is 1. The van der Waals surface area contributed by atoms with Crippen molar-refractivity contribution in [1.82, 2.24) is 4.37 Å². The molecule has 88 valence electrons. The van der Waals surface area contributed by atoms with E-state index in [0.29, 0.717) is 28.2 Å². The van der Waals surface area contributed by atoms with Crippen molar-refractivity contribution in [3.8, 4) is 0 Å². The molecule has 0 aliphatic heterocycles. The average Bonchev–Trinajstić information content (AvgIpc) is 2.43. The monoisotopic (exact) mass is 240 g/mol. The van der Waals surface area contributed by atoms with Crippen LogP contribution >= 0.6 is 11.5 Å². The van der Waals surface area contributed by atoms with Gasteiger partial charge < -0.3 is 10.4 Å². The number of rotatable bonds is 4. The highest BCUT2D eigenvalue weighted by molar-refractivity contribution is 7.10. The second-order valence-electron chi connectivity index (χ2n) is 4.40. The number of carboxylic acid groups (broad SMARTS) is 1. The third-order valence-electron chi connectivity index (χ3n) is 3.29. The number of anilines is 1. The third-order valence-corrected chi connectivity index (χ3v) is 4.16. The first-order chi connectivity index (χ1) is 7.59. The summed E-state index contributed by atoms with van der Waals surface area (Å²) in [5.74, 6) is -0.210. The van der Waals surface area contributed by atoms with Crippen LogP contribution in [0.1, 0.15) is 42.2 Å². The third kappa shape index (κ3) is 2.04. The molecule has 4 nitrogen and oxygen atoms in total. The van der Waals surface area contributed by atoms with Gasteiger partial charge in [0.1, 0.15) is 10.6 Å². The zero-order chi connectivity index (χ0) is 11.7. The predicted octanol–water partition coefficient (Wildman–Crippen LogP) is 2.75. The SMILES string of the molecule is Cc1nsc(NC(C)C2CCC2)c1C(=O)O. The lowest BCUT2D eigenvalue weighted by Gasteiger charge is -2.32. The lowest BCUT2D eigenvalue weighted by molar-refractivity contribution is 0.0697. The van der Waals surface area contributed by atoms with Gasteiger partial charge in [-0.3, -0.25) is 0 Å². The fourth-order valence-electron chi connectivity index (χ4n) is 1.98. The Hall–Kier alpha value is -1.10. The van der Waals surface area contributed by atoms with Gasteiger partial charge in [0.15, 0.2) is 0 Å². The molecule has 0 bridgehead atoms. The van der Waals surface area contributed by atoms with Crippen molar-refractivity contribution in [2.75, 3.05) is 5.32 Å². The van der Waals surface area contributed by atoms with E-state index >= 15 is 0 Å². The highest BCUT2D eigenvalue weighted by Gasteiger charge is 2.26. The Morgan fingerprint density at radius 3 is 2.81 bits per heavy atom. The molecular weight excluding hydrogens is 224 g/mol. The minimum absolute atomic E-state index is 0.330. The Morgan fingerprint density at radius 1 is 1.62 bits per heavy atom. The smallest absolute Gasteiger partial charge is 0.340 e. The Morgan fingerprint density at radius 2 is 2.31 bits per heavy atom. The molecule has 16 heavy (non-hydrogen) atoms. The molecule has 0 spiro atoms. The van der Waals surface area contributed by atoms with E-state index in [0.717, 1.165) is 0 Å². The van der Waals surface area contributed by atoms with Crippen LogP contribution in [0.15, 0.2) is 0 Å². The molecule has 0 aromatic carbocycles. The first-order valence-electron chi connectivity index (χ1n) is 5.55. The number of aryl methyl sites for hydroxylation is 1. The quantitative estimate of drug-likeness (QED) is 0.849. The molecule has 2 N–H and O–H groups in total. The van der Waals surface area contributed by atoms with Crippen LogP contribution in [0.3, 0.4) is 0 Å². The Labute approximate surface area is 98.9 Å². The molecule has 0 saturated heterocycles. The number of hydrogen-bond donors (Lipinski definition) is 2. The summed E-state index contributed by atoms with van der Waals surface area (Å²) in [4.78, 5) is 11.1. The van der Waals surface area contributed by atoms with Crippen LogP contribution in [0.2, 0.25) is 0 Å². The van der Waals surface area contributed by atoms with Gasteiger partial charge in [-0.2, -0.15) is 4.37 Å². The van der Waals surface area contributed by atoms with Crippen molar-refractivity contribution in [2.24, 2.45) is 5.92 Å². The molecule has 1 unspecified atom stereocenters. The summed E-state index contributed by atoms with van der Waals surface area (Å²) in [6.45, 7) is 3.85. The molecule has 1 aliphatic rings. The van der Waals surface area contributed by atoms with Crippen LogP contribution in [0.25, 0.3) is 0 Å². The summed E-state index contributed by atoms with van der Waals surface area (Å²) in [6.07, 6.45) is 3.78. The van der Waals surface area contributed by atoms with Gasteiger partial charge in [-0.05, 0) is 44.1 Å². The summed E-state index contributed by atoms with van der Waals surface area (Å²) < 4.78 is 4.09. The Bertz CT molecular complexity index is 399. The minimum Gasteiger partial charge on any atom is -0.478 e. The number of hydrogen-bond acceptors (Lipinski definition) is 4. The van der Waals surface area contributed by atoms with E-state index < -0.39 is 5.97 Å². The van der Waals surface area contributed by atoms with E-state index in [1.54, 1.807) is 6.92 Å². The predicted molar refractivity (Wildman–Crippen MR) is 64.2 cm³/mol. The lowest BCUT2D eigenvalue weighted by atomic mass is 9.80. The topological polar surface area (TPSA) is 62.2 Å². The van der Waals surface area contributed by atoms with Crippen LogP contribution in [0.4, 0.5) is 5.00 Å². The first-order valence-corrected chi connectivity index (χ1v) is 6.33. The van der Waals surface area contributed by atoms with Crippen molar-refractivity contribution in [1.29, 1.82) is 0 Å². The van der Waals surface area contributed by atoms with E-state index in [1.807, 2.05) is 0 Å². The van der Waals surface area contributed by atoms with Gasteiger partial charge >= 0.3 is 5.97 Å². The molecule has 5 heteroatoms. The number of aromatic nitrogens is 1. The van der Waals surface area contributed by atoms with E-state index in [2.05, 4.69) is 16.6 Å². The maximum Gasteiger partial charge on any atom is 0.340 e. The minimum atomic E-state index is -0.894. The highest BCUT2D eigenvalue weighted by Crippen LogP contribution is 2.33. The molecule has 1 heterocycles. The first kappa shape index (κ1) is 11.4. The fraction of sp³-hybridized carbons (Fsp3) is 0.636. The largest absolute Gasteiger partial charge is 0.478 e. The van der Waals surface area contributed by atoms with E-state index in [9.17, 15) is 4.79 Å². The molecular formula is C11H16N2O2S. The van der Waals surface area contributed by atoms with Crippen LogP contribution < -0.4 is 5.32 Å². The number of nitrogens with one attached hydrogen (secondary N) is 1. The van der Waals surface area contributed by atoms with Gasteiger partial charge in [0, 0.05) is 6.04 Å². The molecule has 1 fully saturated rings. The van der Waals surface area contributed by atoms with Gasteiger partial charge in [-0.15, -0.1) is 0 Å². The number of nitrogens with zero attached hydrogens (tertiary/aromatic N) is 1. The Balaban J connectivity index is 2.11. The zero-order valence-electron chi connectivity index (χ0n) is 9.49. The summed E-state index contributed by atoms with van der Waals surface area (Å²) in [5, 5.41) is 13.1. The summed E-state index contributed by atoms with van der Waals surface area (Å²) >= 11 is 1.24. The molecule has 1 aromatic heterocycles. The van der Waals surface area contributed by atoms with Gasteiger partial charge in [0.25, 0.3) is 0 Å². The molecule has 1 aromatic rings. The summed E-state index contributed by atoms with van der Waals surface area (Å²) in [6, 6.07) is 0.340. The van der Waals surface area contributed by atoms with Crippen LogP contribution in [0.5, 0.6) is 0 Å². The van der Waals surface area contributed by atoms with Crippen molar-refractivity contribution >= 4 is 22.5 Å². The summed E-state index contributed by atoms with van der Waals surface area (Å²) in [5.41, 5.74) is 0.928. The lowest BCUT2D eigenvalue weighted by Crippen LogP contribution is -2.31. The summed E-state index contributed by atoms with van der Waals surface area (Å²) in [7, 11) is 0. The van der Waals surface area contributed by atoms with Crippen LogP contribution in [-0.2, 0) is 0 Å². The molecule has 1 aliphatic carbocycles. The fourth-order valence-corrected chi connectivity index (χ4v) is 2.87. The maximum absolute atomic E-state index is 11.1. The van der Waals surface area contributed by atoms with Gasteiger partial charge in [0.2, 0.25) is 0 Å². The molecule has 1 atom stereocenters. The average molecular weight is 240 g/mol. The van der Waals surface area contributed by atoms with Crippen LogP contribution in [0, 0.1) is 12.8 Å². The zero-order valence-corrected chi connectivity index (χ0v) is 10.3. The normalized spacial score (nSPS) is 17.9. The standard InChI is InChI=1S/C11H16N2O2S/c1-6(8-4-3-5-8)12-10-9(11(14)15)7(2)13-16-10/h6,8,12H,3-5H2,1-2H3,(H,14,15). The van der Waals surface area contributed by atoms with E-state index in [1.165, 1.54) is 30.8 Å². The molecule has 1 saturated carbocycles. The second-order valence-corrected chi connectivity index (χ2v) is 5.17. The second kappa shape index (κ2) is 4.41. The van der Waals surface area contributed by atoms with Crippen molar-refractivity contribution in [3.63, 3.8) is 0 Å². The van der Waals surface area contributed by atoms with E-state index in [-0.39, 0.29) is 0 Å². The van der Waals surface area contributed by atoms with Gasteiger partial charge in [-0.25, -0.2) is 4.79 Å². The molecule has 0 amide bonds. The van der Waals surface area contributed by atoms with Crippen molar-refractivity contribution < 1.29 is 9.90 Å². The Kier molecular flexibility index (Phi) is 3.14. The van der Waals surface area contributed by atoms with Gasteiger partial charge in [-0.1, -0.05) is 6.42 Å². The van der Waals surface area contributed by atoms with Crippen molar-refractivity contribution in [3.05, 3.63) is 11.3 Å². The van der Waals surface area contributed by atoms with Crippen molar-refractivity contribution in [2.45, 2.75) is 39.2 Å².